The van der Waals surface area contributed by atoms with Gasteiger partial charge in [-0.15, -0.1) is 0 Å². The Morgan fingerprint density at radius 1 is 1.20 bits per heavy atom. The zero-order chi connectivity index (χ0) is 14.8. The zero-order valence-electron chi connectivity index (χ0n) is 10.6. The number of aryl methyl sites for hydroxylation is 1. The summed E-state index contributed by atoms with van der Waals surface area (Å²) in [5.74, 6) is 0.251. The molecule has 0 spiro atoms. The first-order chi connectivity index (χ1) is 9.38. The molecule has 6 heteroatoms. The maximum Gasteiger partial charge on any atom is 0.264 e. The molecular weight excluding hydrogens is 364 g/mol. The standard InChI is InChI=1S/C14H12BrClO3S/c1-10-6-7-13(14(8-10)20(16,17)18)19-9-11-4-2-3-5-12(11)15/h2-8H,9H2,1H3. The smallest absolute Gasteiger partial charge is 0.264 e. The lowest BCUT2D eigenvalue weighted by Gasteiger charge is -2.11. The van der Waals surface area contributed by atoms with Gasteiger partial charge in [-0.2, -0.15) is 0 Å². The Morgan fingerprint density at radius 2 is 1.90 bits per heavy atom. The highest BCUT2D eigenvalue weighted by Crippen LogP contribution is 2.29. The van der Waals surface area contributed by atoms with E-state index in [4.69, 9.17) is 15.4 Å². The highest BCUT2D eigenvalue weighted by molar-refractivity contribution is 9.10. The largest absolute Gasteiger partial charge is 0.487 e. The normalized spacial score (nSPS) is 11.3. The molecule has 0 aliphatic rings. The summed E-state index contributed by atoms with van der Waals surface area (Å²) in [6.07, 6.45) is 0. The van der Waals surface area contributed by atoms with Crippen LogP contribution >= 0.6 is 26.6 Å². The van der Waals surface area contributed by atoms with Crippen molar-refractivity contribution in [2.75, 3.05) is 0 Å². The van der Waals surface area contributed by atoms with Crippen molar-refractivity contribution in [3.05, 3.63) is 58.1 Å². The van der Waals surface area contributed by atoms with E-state index in [2.05, 4.69) is 15.9 Å². The van der Waals surface area contributed by atoms with Crippen LogP contribution in [0.1, 0.15) is 11.1 Å². The molecule has 20 heavy (non-hydrogen) atoms. The maximum absolute atomic E-state index is 11.6. The van der Waals surface area contributed by atoms with Gasteiger partial charge in [0.1, 0.15) is 17.3 Å². The second kappa shape index (κ2) is 6.16. The van der Waals surface area contributed by atoms with E-state index in [1.54, 1.807) is 19.1 Å². The van der Waals surface area contributed by atoms with Gasteiger partial charge in [-0.05, 0) is 30.7 Å². The van der Waals surface area contributed by atoms with E-state index in [1.807, 2.05) is 24.3 Å². The number of ether oxygens (including phenoxy) is 1. The molecule has 0 unspecified atom stereocenters. The van der Waals surface area contributed by atoms with E-state index in [0.29, 0.717) is 0 Å². The minimum absolute atomic E-state index is 0.00813. The first-order valence-corrected chi connectivity index (χ1v) is 8.89. The summed E-state index contributed by atoms with van der Waals surface area (Å²) in [6.45, 7) is 2.05. The van der Waals surface area contributed by atoms with Crippen molar-refractivity contribution in [2.24, 2.45) is 0 Å². The van der Waals surface area contributed by atoms with Crippen molar-refractivity contribution in [1.82, 2.24) is 0 Å². The van der Waals surface area contributed by atoms with Crippen LogP contribution in [-0.4, -0.2) is 8.42 Å². The van der Waals surface area contributed by atoms with Gasteiger partial charge >= 0.3 is 0 Å². The van der Waals surface area contributed by atoms with Crippen molar-refractivity contribution >= 4 is 35.7 Å². The van der Waals surface area contributed by atoms with Gasteiger partial charge in [0.15, 0.2) is 0 Å². The van der Waals surface area contributed by atoms with Crippen LogP contribution in [0.3, 0.4) is 0 Å². The Hall–Kier alpha value is -1.04. The SMILES string of the molecule is Cc1ccc(OCc2ccccc2Br)c(S(=O)(=O)Cl)c1. The van der Waals surface area contributed by atoms with Crippen molar-refractivity contribution in [3.63, 3.8) is 0 Å². The van der Waals surface area contributed by atoms with E-state index >= 15 is 0 Å². The van der Waals surface area contributed by atoms with Gasteiger partial charge < -0.3 is 4.74 Å². The summed E-state index contributed by atoms with van der Waals surface area (Å²) in [5.41, 5.74) is 1.73. The minimum atomic E-state index is -3.83. The van der Waals surface area contributed by atoms with Gasteiger partial charge in [-0.25, -0.2) is 8.42 Å². The van der Waals surface area contributed by atoms with Gasteiger partial charge in [0.25, 0.3) is 9.05 Å². The van der Waals surface area contributed by atoms with E-state index in [1.165, 1.54) is 6.07 Å². The second-order valence-electron chi connectivity index (χ2n) is 4.27. The van der Waals surface area contributed by atoms with Crippen LogP contribution in [0, 0.1) is 6.92 Å². The molecule has 3 nitrogen and oxygen atoms in total. The maximum atomic E-state index is 11.6. The molecule has 2 aromatic carbocycles. The third-order valence-electron chi connectivity index (χ3n) is 2.70. The third-order valence-corrected chi connectivity index (χ3v) is 4.82. The van der Waals surface area contributed by atoms with Crippen LogP contribution in [-0.2, 0) is 15.7 Å². The van der Waals surface area contributed by atoms with Gasteiger partial charge in [-0.3, -0.25) is 0 Å². The molecule has 2 aromatic rings. The molecule has 0 saturated carbocycles. The van der Waals surface area contributed by atoms with Crippen molar-refractivity contribution < 1.29 is 13.2 Å². The Labute approximate surface area is 131 Å². The Kier molecular flexibility index (Phi) is 4.73. The van der Waals surface area contributed by atoms with E-state index in [-0.39, 0.29) is 17.3 Å². The summed E-state index contributed by atoms with van der Waals surface area (Å²) in [6, 6.07) is 12.5. The summed E-state index contributed by atoms with van der Waals surface area (Å²) in [7, 11) is 1.60. The molecule has 0 aliphatic carbocycles. The second-order valence-corrected chi connectivity index (χ2v) is 7.66. The first kappa shape index (κ1) is 15.4. The molecule has 0 radical (unpaired) electrons. The molecular formula is C14H12BrClO3S. The van der Waals surface area contributed by atoms with Crippen molar-refractivity contribution in [1.29, 1.82) is 0 Å². The lowest BCUT2D eigenvalue weighted by molar-refractivity contribution is 0.297. The predicted octanol–water partition coefficient (Wildman–Crippen LogP) is 4.26. The van der Waals surface area contributed by atoms with Crippen LogP contribution in [0.25, 0.3) is 0 Å². The Morgan fingerprint density at radius 3 is 2.55 bits per heavy atom. The van der Waals surface area contributed by atoms with Crippen LogP contribution in [0.5, 0.6) is 5.75 Å². The molecule has 0 bridgehead atoms. The first-order valence-electron chi connectivity index (χ1n) is 5.79. The van der Waals surface area contributed by atoms with Crippen molar-refractivity contribution in [3.8, 4) is 5.75 Å². The summed E-state index contributed by atoms with van der Waals surface area (Å²) >= 11 is 3.42. The number of halogens is 2. The number of rotatable bonds is 4. The van der Waals surface area contributed by atoms with E-state index in [0.717, 1.165) is 15.6 Å². The van der Waals surface area contributed by atoms with Crippen LogP contribution in [0.4, 0.5) is 0 Å². The van der Waals surface area contributed by atoms with Crippen LogP contribution < -0.4 is 4.74 Å². The average molecular weight is 376 g/mol. The number of hydrogen-bond acceptors (Lipinski definition) is 3. The van der Waals surface area contributed by atoms with Gasteiger partial charge in [-0.1, -0.05) is 40.2 Å². The third kappa shape index (κ3) is 3.75. The van der Waals surface area contributed by atoms with Crippen LogP contribution in [0.15, 0.2) is 51.8 Å². The van der Waals surface area contributed by atoms with Crippen LogP contribution in [0.2, 0.25) is 0 Å². The monoisotopic (exact) mass is 374 g/mol. The number of hydrogen-bond donors (Lipinski definition) is 0. The molecule has 0 N–H and O–H groups in total. The van der Waals surface area contributed by atoms with E-state index in [9.17, 15) is 8.42 Å². The lowest BCUT2D eigenvalue weighted by Crippen LogP contribution is -2.01. The fourth-order valence-corrected chi connectivity index (χ4v) is 3.15. The molecule has 0 aromatic heterocycles. The fraction of sp³-hybridized carbons (Fsp3) is 0.143. The molecule has 0 heterocycles. The van der Waals surface area contributed by atoms with Crippen molar-refractivity contribution in [2.45, 2.75) is 18.4 Å². The molecule has 0 atom stereocenters. The quantitative estimate of drug-likeness (QED) is 0.750. The molecule has 0 saturated heterocycles. The average Bonchev–Trinajstić information content (AvgIpc) is 2.38. The Balaban J connectivity index is 2.29. The molecule has 106 valence electrons. The zero-order valence-corrected chi connectivity index (χ0v) is 13.8. The van der Waals surface area contributed by atoms with Gasteiger partial charge in [0.2, 0.25) is 0 Å². The van der Waals surface area contributed by atoms with Gasteiger partial charge in [0, 0.05) is 20.7 Å². The summed E-state index contributed by atoms with van der Waals surface area (Å²) < 4.78 is 29.6. The highest BCUT2D eigenvalue weighted by Gasteiger charge is 2.17. The molecule has 0 amide bonds. The summed E-state index contributed by atoms with van der Waals surface area (Å²) in [4.78, 5) is -0.00813. The number of benzene rings is 2. The van der Waals surface area contributed by atoms with E-state index < -0.39 is 9.05 Å². The Bertz CT molecular complexity index is 729. The molecule has 0 fully saturated rings. The predicted molar refractivity (Wildman–Crippen MR) is 82.7 cm³/mol. The summed E-state index contributed by atoms with van der Waals surface area (Å²) in [5, 5.41) is 0. The molecule has 0 aliphatic heterocycles. The topological polar surface area (TPSA) is 43.4 Å². The lowest BCUT2D eigenvalue weighted by atomic mass is 10.2. The minimum Gasteiger partial charge on any atom is -0.487 e. The highest BCUT2D eigenvalue weighted by atomic mass is 79.9. The fourth-order valence-electron chi connectivity index (χ4n) is 1.70. The van der Waals surface area contributed by atoms with Gasteiger partial charge in [0.05, 0.1) is 0 Å². The molecule has 2 rings (SSSR count).